The molecule has 2 aromatic rings. The van der Waals surface area contributed by atoms with Crippen LogP contribution >= 0.6 is 0 Å². The highest BCUT2D eigenvalue weighted by atomic mass is 16.5. The molecule has 0 spiro atoms. The molecule has 0 radical (unpaired) electrons. The molecule has 94 valence electrons. The average Bonchev–Trinajstić information content (AvgIpc) is 2.39. The number of aryl methyl sites for hydroxylation is 1. The molecule has 0 aromatic carbocycles. The number of pyridine rings is 2. The SMILES string of the molecule is CCNCc1ccc(Oc2cccnc2)nc1C. The summed E-state index contributed by atoms with van der Waals surface area (Å²) in [5.74, 6) is 1.30. The maximum Gasteiger partial charge on any atom is 0.219 e. The third-order valence-corrected chi connectivity index (χ3v) is 2.59. The van der Waals surface area contributed by atoms with Gasteiger partial charge in [0.15, 0.2) is 0 Å². The monoisotopic (exact) mass is 243 g/mol. The Morgan fingerprint density at radius 2 is 2.17 bits per heavy atom. The maximum absolute atomic E-state index is 5.62. The van der Waals surface area contributed by atoms with Gasteiger partial charge in [-0.2, -0.15) is 0 Å². The van der Waals surface area contributed by atoms with E-state index in [-0.39, 0.29) is 0 Å². The lowest BCUT2D eigenvalue weighted by molar-refractivity contribution is 0.458. The van der Waals surface area contributed by atoms with Crippen LogP contribution in [0.2, 0.25) is 0 Å². The second-order valence-electron chi connectivity index (χ2n) is 3.97. The molecule has 0 saturated heterocycles. The summed E-state index contributed by atoms with van der Waals surface area (Å²) < 4.78 is 5.62. The van der Waals surface area contributed by atoms with Gasteiger partial charge < -0.3 is 10.1 Å². The van der Waals surface area contributed by atoms with Crippen molar-refractivity contribution in [3.8, 4) is 11.6 Å². The van der Waals surface area contributed by atoms with Gasteiger partial charge in [0.05, 0.1) is 6.20 Å². The first-order valence-electron chi connectivity index (χ1n) is 6.04. The summed E-state index contributed by atoms with van der Waals surface area (Å²) in [5, 5.41) is 3.28. The Balaban J connectivity index is 2.09. The predicted molar refractivity (Wildman–Crippen MR) is 70.7 cm³/mol. The van der Waals surface area contributed by atoms with Crippen LogP contribution in [-0.2, 0) is 6.54 Å². The quantitative estimate of drug-likeness (QED) is 0.877. The highest BCUT2D eigenvalue weighted by molar-refractivity contribution is 5.28. The van der Waals surface area contributed by atoms with E-state index in [9.17, 15) is 0 Å². The molecule has 0 unspecified atom stereocenters. The van der Waals surface area contributed by atoms with E-state index in [1.165, 1.54) is 5.56 Å². The smallest absolute Gasteiger partial charge is 0.219 e. The standard InChI is InChI=1S/C14H17N3O/c1-3-15-9-12-6-7-14(17-11(12)2)18-13-5-4-8-16-10-13/h4-8,10,15H,3,9H2,1-2H3. The Morgan fingerprint density at radius 1 is 1.28 bits per heavy atom. The van der Waals surface area contributed by atoms with E-state index in [1.54, 1.807) is 12.4 Å². The van der Waals surface area contributed by atoms with Crippen LogP contribution in [0.1, 0.15) is 18.2 Å². The Bertz CT molecular complexity index is 500. The van der Waals surface area contributed by atoms with Crippen LogP contribution in [0.5, 0.6) is 11.6 Å². The average molecular weight is 243 g/mol. The summed E-state index contributed by atoms with van der Waals surface area (Å²) in [5.41, 5.74) is 2.17. The number of rotatable bonds is 5. The van der Waals surface area contributed by atoms with E-state index in [0.29, 0.717) is 11.6 Å². The Hall–Kier alpha value is -1.94. The predicted octanol–water partition coefficient (Wildman–Crippen LogP) is 2.69. The van der Waals surface area contributed by atoms with Crippen molar-refractivity contribution in [2.45, 2.75) is 20.4 Å². The van der Waals surface area contributed by atoms with Crippen molar-refractivity contribution in [2.24, 2.45) is 0 Å². The van der Waals surface area contributed by atoms with Crippen LogP contribution in [0.15, 0.2) is 36.7 Å². The summed E-state index contributed by atoms with van der Waals surface area (Å²) in [6, 6.07) is 7.61. The van der Waals surface area contributed by atoms with Gasteiger partial charge in [0, 0.05) is 24.5 Å². The highest BCUT2D eigenvalue weighted by Gasteiger charge is 2.03. The van der Waals surface area contributed by atoms with Crippen LogP contribution in [-0.4, -0.2) is 16.5 Å². The molecule has 0 fully saturated rings. The first kappa shape index (κ1) is 12.5. The molecule has 2 heterocycles. The van der Waals surface area contributed by atoms with Gasteiger partial charge in [-0.05, 0) is 31.2 Å². The van der Waals surface area contributed by atoms with Gasteiger partial charge >= 0.3 is 0 Å². The van der Waals surface area contributed by atoms with Crippen LogP contribution in [0.3, 0.4) is 0 Å². The molecule has 0 amide bonds. The summed E-state index contributed by atoms with van der Waals surface area (Å²) in [7, 11) is 0. The first-order valence-corrected chi connectivity index (χ1v) is 6.04. The summed E-state index contributed by atoms with van der Waals surface area (Å²) in [6.45, 7) is 5.86. The molecular formula is C14H17N3O. The number of nitrogens with one attached hydrogen (secondary N) is 1. The zero-order chi connectivity index (χ0) is 12.8. The molecule has 18 heavy (non-hydrogen) atoms. The number of nitrogens with zero attached hydrogens (tertiary/aromatic N) is 2. The topological polar surface area (TPSA) is 47.0 Å². The zero-order valence-electron chi connectivity index (χ0n) is 10.7. The first-order chi connectivity index (χ1) is 8.79. The fraction of sp³-hybridized carbons (Fsp3) is 0.286. The summed E-state index contributed by atoms with van der Waals surface area (Å²) in [6.07, 6.45) is 3.38. The minimum absolute atomic E-state index is 0.598. The molecule has 4 nitrogen and oxygen atoms in total. The van der Waals surface area contributed by atoms with Crippen molar-refractivity contribution in [3.63, 3.8) is 0 Å². The lowest BCUT2D eigenvalue weighted by Crippen LogP contribution is -2.13. The molecule has 0 aliphatic heterocycles. The Kier molecular flexibility index (Phi) is 4.25. The van der Waals surface area contributed by atoms with Crippen molar-refractivity contribution in [3.05, 3.63) is 47.9 Å². The van der Waals surface area contributed by atoms with E-state index >= 15 is 0 Å². The largest absolute Gasteiger partial charge is 0.437 e. The fourth-order valence-electron chi connectivity index (χ4n) is 1.60. The lowest BCUT2D eigenvalue weighted by atomic mass is 10.2. The maximum atomic E-state index is 5.62. The van der Waals surface area contributed by atoms with Crippen LogP contribution < -0.4 is 10.1 Å². The molecular weight excluding hydrogens is 226 g/mol. The van der Waals surface area contributed by atoms with Crippen molar-refractivity contribution in [1.29, 1.82) is 0 Å². The number of ether oxygens (including phenoxy) is 1. The molecule has 2 aromatic heterocycles. The lowest BCUT2D eigenvalue weighted by Gasteiger charge is -2.08. The third kappa shape index (κ3) is 3.28. The molecule has 0 aliphatic rings. The van der Waals surface area contributed by atoms with Crippen molar-refractivity contribution >= 4 is 0 Å². The van der Waals surface area contributed by atoms with E-state index in [1.807, 2.05) is 31.2 Å². The van der Waals surface area contributed by atoms with Gasteiger partial charge in [0.1, 0.15) is 5.75 Å². The summed E-state index contributed by atoms with van der Waals surface area (Å²) >= 11 is 0. The van der Waals surface area contributed by atoms with Gasteiger partial charge in [0.2, 0.25) is 5.88 Å². The number of hydrogen-bond donors (Lipinski definition) is 1. The van der Waals surface area contributed by atoms with E-state index in [0.717, 1.165) is 18.8 Å². The number of hydrogen-bond acceptors (Lipinski definition) is 4. The molecule has 2 rings (SSSR count). The minimum Gasteiger partial charge on any atom is -0.437 e. The van der Waals surface area contributed by atoms with Crippen LogP contribution in [0.4, 0.5) is 0 Å². The summed E-state index contributed by atoms with van der Waals surface area (Å²) in [4.78, 5) is 8.43. The van der Waals surface area contributed by atoms with Crippen molar-refractivity contribution in [1.82, 2.24) is 15.3 Å². The second-order valence-corrected chi connectivity index (χ2v) is 3.97. The zero-order valence-corrected chi connectivity index (χ0v) is 10.7. The van der Waals surface area contributed by atoms with E-state index < -0.39 is 0 Å². The van der Waals surface area contributed by atoms with E-state index in [4.69, 9.17) is 4.74 Å². The van der Waals surface area contributed by atoms with Gasteiger partial charge in [-0.3, -0.25) is 4.98 Å². The number of aromatic nitrogens is 2. The second kappa shape index (κ2) is 6.12. The molecule has 4 heteroatoms. The van der Waals surface area contributed by atoms with E-state index in [2.05, 4.69) is 22.2 Å². The van der Waals surface area contributed by atoms with Gasteiger partial charge in [-0.15, -0.1) is 0 Å². The van der Waals surface area contributed by atoms with Gasteiger partial charge in [-0.1, -0.05) is 13.0 Å². The molecule has 0 saturated carbocycles. The minimum atomic E-state index is 0.598. The molecule has 0 aliphatic carbocycles. The van der Waals surface area contributed by atoms with Crippen LogP contribution in [0.25, 0.3) is 0 Å². The van der Waals surface area contributed by atoms with Gasteiger partial charge in [-0.25, -0.2) is 4.98 Å². The highest BCUT2D eigenvalue weighted by Crippen LogP contribution is 2.19. The molecule has 1 N–H and O–H groups in total. The van der Waals surface area contributed by atoms with Crippen LogP contribution in [0, 0.1) is 6.92 Å². The van der Waals surface area contributed by atoms with Crippen molar-refractivity contribution in [2.75, 3.05) is 6.54 Å². The van der Waals surface area contributed by atoms with Gasteiger partial charge in [0.25, 0.3) is 0 Å². The Labute approximate surface area is 107 Å². The van der Waals surface area contributed by atoms with Crippen molar-refractivity contribution < 1.29 is 4.74 Å². The normalized spacial score (nSPS) is 10.3. The third-order valence-electron chi connectivity index (χ3n) is 2.59. The Morgan fingerprint density at radius 3 is 2.83 bits per heavy atom. The fourth-order valence-corrected chi connectivity index (χ4v) is 1.60. The molecule has 0 atom stereocenters. The molecule has 0 bridgehead atoms.